The number of hydrogen-bond donors (Lipinski definition) is 4. The van der Waals surface area contributed by atoms with Gasteiger partial charge in [-0.2, -0.15) is 0 Å². The molecule has 5 aliphatic rings. The van der Waals surface area contributed by atoms with E-state index in [9.17, 15) is 33.2 Å². The van der Waals surface area contributed by atoms with E-state index in [0.29, 0.717) is 89.4 Å². The number of carbonyl (C=O) groups excluding carboxylic acids is 6. The smallest absolute Gasteiger partial charge is 0.407 e. The molecule has 5 fully saturated rings. The predicted molar refractivity (Wildman–Crippen MR) is 240 cm³/mol. The monoisotopic (exact) mass is 911 g/mol. The van der Waals surface area contributed by atoms with Crippen LogP contribution in [0.3, 0.4) is 0 Å². The molecule has 0 bridgehead atoms. The van der Waals surface area contributed by atoms with Crippen molar-refractivity contribution >= 4 is 52.9 Å². The van der Waals surface area contributed by atoms with Gasteiger partial charge in [0.2, 0.25) is 23.6 Å². The summed E-state index contributed by atoms with van der Waals surface area (Å²) in [4.78, 5) is 84.8. The molecular formula is C48H58FN7O10. The number of alkyl carbamates (subject to hydrolysis) is 2. The highest BCUT2D eigenvalue weighted by Crippen LogP contribution is 2.47. The van der Waals surface area contributed by atoms with E-state index in [4.69, 9.17) is 18.9 Å². The molecule has 66 heavy (non-hydrogen) atoms. The molecule has 8 atom stereocenters. The fourth-order valence-corrected chi connectivity index (χ4v) is 10.2. The number of halogens is 1. The number of ether oxygens (including phenoxy) is 4. The number of carbonyl (C=O) groups is 6. The van der Waals surface area contributed by atoms with Gasteiger partial charge in [-0.05, 0) is 111 Å². The third-order valence-electron chi connectivity index (χ3n) is 13.6. The third kappa shape index (κ3) is 10.2. The van der Waals surface area contributed by atoms with Crippen LogP contribution < -0.4 is 26.2 Å². The van der Waals surface area contributed by atoms with Crippen LogP contribution in [0, 0.1) is 17.7 Å². The van der Waals surface area contributed by atoms with Gasteiger partial charge in [0.05, 0.1) is 39.5 Å². The zero-order valence-electron chi connectivity index (χ0n) is 37.2. The summed E-state index contributed by atoms with van der Waals surface area (Å²) in [5, 5.41) is 11.3. The normalized spacial score (nSPS) is 24.7. The minimum Gasteiger partial charge on any atom is -0.453 e. The van der Waals surface area contributed by atoms with Gasteiger partial charge in [-0.15, -0.1) is 0 Å². The number of rotatable bonds is 13. The first-order chi connectivity index (χ1) is 32.0. The van der Waals surface area contributed by atoms with E-state index in [0.717, 1.165) is 29.7 Å². The predicted octanol–water partition coefficient (Wildman–Crippen LogP) is 5.29. The van der Waals surface area contributed by atoms with Crippen molar-refractivity contribution in [3.8, 4) is 0 Å². The molecule has 0 spiro atoms. The van der Waals surface area contributed by atoms with E-state index in [1.807, 2.05) is 48.5 Å². The molecular weight excluding hydrogens is 854 g/mol. The fraction of sp³-hybridized carbons (Fsp3) is 0.500. The summed E-state index contributed by atoms with van der Waals surface area (Å²) < 4.78 is 34.8. The second-order valence-electron chi connectivity index (χ2n) is 17.6. The van der Waals surface area contributed by atoms with Gasteiger partial charge in [0.1, 0.15) is 30.0 Å². The quantitative estimate of drug-likeness (QED) is 0.174. The van der Waals surface area contributed by atoms with Gasteiger partial charge in [0.15, 0.2) is 0 Å². The van der Waals surface area contributed by atoms with Crippen molar-refractivity contribution < 1.29 is 52.1 Å². The summed E-state index contributed by atoms with van der Waals surface area (Å²) in [5.41, 5.74) is 3.98. The lowest BCUT2D eigenvalue weighted by atomic mass is 9.97. The van der Waals surface area contributed by atoms with Gasteiger partial charge in [0, 0.05) is 55.2 Å². The molecule has 18 heteroatoms. The Morgan fingerprint density at radius 1 is 0.591 bits per heavy atom. The highest BCUT2D eigenvalue weighted by Gasteiger charge is 2.44. The largest absolute Gasteiger partial charge is 0.453 e. The zero-order valence-corrected chi connectivity index (χ0v) is 37.2. The van der Waals surface area contributed by atoms with Gasteiger partial charge in [-0.25, -0.2) is 14.0 Å². The van der Waals surface area contributed by atoms with Crippen molar-refractivity contribution in [2.75, 3.05) is 69.3 Å². The number of hydrogen-bond acceptors (Lipinski definition) is 11. The molecule has 8 rings (SSSR count). The van der Waals surface area contributed by atoms with Crippen molar-refractivity contribution in [2.45, 2.75) is 87.6 Å². The van der Waals surface area contributed by atoms with Crippen molar-refractivity contribution in [3.05, 3.63) is 89.7 Å². The van der Waals surface area contributed by atoms with E-state index in [1.54, 1.807) is 21.9 Å². The SMILES string of the molecule is COC(=O)N[C@H](C(=O)N1CCC[C@H]1C(=O)Nc1ccc([C@H]2CC[C@H](c3ccc(NC(=O)[C@@H]4CCCN4C(=O)[C@@H](NC(=O)OC)[C@H]4CCOC4)cc3)N2c2ccc(F)cc2)cc1)[C@H]1CCOC1. The van der Waals surface area contributed by atoms with Crippen LogP contribution >= 0.6 is 0 Å². The first kappa shape index (κ1) is 46.3. The van der Waals surface area contributed by atoms with Crippen molar-refractivity contribution in [1.82, 2.24) is 20.4 Å². The molecule has 0 saturated carbocycles. The summed E-state index contributed by atoms with van der Waals surface area (Å²) in [6, 6.07) is 18.3. The third-order valence-corrected chi connectivity index (χ3v) is 13.6. The second kappa shape index (κ2) is 20.9. The number of likely N-dealkylation sites (tertiary alicyclic amines) is 2. The van der Waals surface area contributed by atoms with Crippen LogP contribution in [0.4, 0.5) is 31.0 Å². The van der Waals surface area contributed by atoms with Gasteiger partial charge in [-0.1, -0.05) is 24.3 Å². The van der Waals surface area contributed by atoms with E-state index >= 15 is 0 Å². The number of nitrogens with zero attached hydrogens (tertiary/aromatic N) is 3. The van der Waals surface area contributed by atoms with Crippen LogP contribution in [-0.4, -0.2) is 124 Å². The summed E-state index contributed by atoms with van der Waals surface area (Å²) in [6.07, 6.45) is 3.60. The van der Waals surface area contributed by atoms with Gasteiger partial charge >= 0.3 is 12.2 Å². The standard InChI is InChI=1S/C48H58FN7O10/c1-63-47(61)52-41(31-21-25-65-27-31)45(59)54-23-3-5-39(54)43(57)50-34-13-7-29(8-14-34)37-19-20-38(56(37)36-17-11-33(49)12-18-36)30-9-15-35(16-10-30)51-44(58)40-6-4-24-55(40)46(60)42(53-48(62)64-2)32-22-26-66-28-32/h7-18,31-32,37-42H,3-6,19-28H2,1-2H3,(H,50,57)(H,51,58)(H,52,61)(H,53,62)/t31-,32-,37+,38+,39-,40-,41-,42-/m0/s1. The number of benzene rings is 3. The number of amides is 6. The second-order valence-corrected chi connectivity index (χ2v) is 17.6. The molecule has 0 aromatic heterocycles. The highest BCUT2D eigenvalue weighted by atomic mass is 19.1. The Labute approximate surface area is 383 Å². The van der Waals surface area contributed by atoms with Crippen LogP contribution in [-0.2, 0) is 38.1 Å². The van der Waals surface area contributed by atoms with Gasteiger partial charge in [0.25, 0.3) is 0 Å². The molecule has 352 valence electrons. The molecule has 3 aromatic rings. The Bertz CT molecular complexity index is 2090. The molecule has 3 aromatic carbocycles. The van der Waals surface area contributed by atoms with Crippen molar-refractivity contribution in [2.24, 2.45) is 11.8 Å². The van der Waals surface area contributed by atoms with Gasteiger partial charge < -0.3 is 54.9 Å². The lowest BCUT2D eigenvalue weighted by Gasteiger charge is -2.33. The molecule has 5 heterocycles. The van der Waals surface area contributed by atoms with Gasteiger partial charge in [-0.3, -0.25) is 19.2 Å². The van der Waals surface area contributed by atoms with E-state index < -0.39 is 36.4 Å². The summed E-state index contributed by atoms with van der Waals surface area (Å²) in [6.45, 7) is 2.41. The van der Waals surface area contributed by atoms with E-state index in [2.05, 4.69) is 26.2 Å². The Morgan fingerprint density at radius 3 is 1.39 bits per heavy atom. The molecule has 0 aliphatic carbocycles. The average molecular weight is 912 g/mol. The number of nitrogens with one attached hydrogen (secondary N) is 4. The van der Waals surface area contributed by atoms with Crippen LogP contribution in [0.25, 0.3) is 0 Å². The molecule has 17 nitrogen and oxygen atoms in total. The molecule has 0 radical (unpaired) electrons. The van der Waals surface area contributed by atoms with Crippen LogP contribution in [0.5, 0.6) is 0 Å². The van der Waals surface area contributed by atoms with Crippen molar-refractivity contribution in [3.63, 3.8) is 0 Å². The maximum absolute atomic E-state index is 14.2. The molecule has 5 saturated heterocycles. The highest BCUT2D eigenvalue weighted by molar-refractivity contribution is 5.99. The maximum Gasteiger partial charge on any atom is 0.407 e. The topological polar surface area (TPSA) is 197 Å². The summed E-state index contributed by atoms with van der Waals surface area (Å²) >= 11 is 0. The minimum absolute atomic E-state index is 0.0921. The molecule has 6 amide bonds. The Kier molecular flexibility index (Phi) is 14.7. The summed E-state index contributed by atoms with van der Waals surface area (Å²) in [7, 11) is 2.48. The lowest BCUT2D eigenvalue weighted by Crippen LogP contribution is -2.55. The maximum atomic E-state index is 14.2. The zero-order chi connectivity index (χ0) is 46.3. The van der Waals surface area contributed by atoms with Crippen LogP contribution in [0.15, 0.2) is 72.8 Å². The lowest BCUT2D eigenvalue weighted by molar-refractivity contribution is -0.139. The van der Waals surface area contributed by atoms with Crippen LogP contribution in [0.1, 0.15) is 74.6 Å². The number of anilines is 3. The molecule has 5 aliphatic heterocycles. The average Bonchev–Trinajstić information content (AvgIpc) is 4.20. The minimum atomic E-state index is -0.867. The molecule has 0 unspecified atom stereocenters. The van der Waals surface area contributed by atoms with E-state index in [-0.39, 0.29) is 53.4 Å². The van der Waals surface area contributed by atoms with Crippen LogP contribution in [0.2, 0.25) is 0 Å². The summed E-state index contributed by atoms with van der Waals surface area (Å²) in [5.74, 6) is -2.09. The first-order valence-corrected chi connectivity index (χ1v) is 22.8. The van der Waals surface area contributed by atoms with Crippen molar-refractivity contribution in [1.29, 1.82) is 0 Å². The fourth-order valence-electron chi connectivity index (χ4n) is 10.2. The Morgan fingerprint density at radius 2 is 1.02 bits per heavy atom. The van der Waals surface area contributed by atoms with E-state index in [1.165, 1.54) is 26.4 Å². The molecule has 4 N–H and O–H groups in total. The number of methoxy groups -OCH3 is 2. The first-order valence-electron chi connectivity index (χ1n) is 22.8. The Balaban J connectivity index is 0.929. The Hall–Kier alpha value is -6.27.